The molecule has 0 bridgehead atoms. The Labute approximate surface area is 198 Å². The minimum Gasteiger partial charge on any atom is -0.357 e. The molecule has 0 spiro atoms. The third-order valence-corrected chi connectivity index (χ3v) is 5.76. The van der Waals surface area contributed by atoms with E-state index in [-0.39, 0.29) is 29.9 Å². The van der Waals surface area contributed by atoms with Gasteiger partial charge in [-0.3, -0.25) is 9.69 Å². The van der Waals surface area contributed by atoms with Crippen LogP contribution in [0.1, 0.15) is 56.6 Å². The van der Waals surface area contributed by atoms with Gasteiger partial charge in [-0.2, -0.15) is 0 Å². The van der Waals surface area contributed by atoms with Crippen LogP contribution in [0.15, 0.2) is 29.3 Å². The maximum Gasteiger partial charge on any atom is 0.241 e. The Morgan fingerprint density at radius 2 is 1.50 bits per heavy atom. The van der Waals surface area contributed by atoms with Crippen molar-refractivity contribution in [3.63, 3.8) is 0 Å². The number of aliphatic imine (C=N–C) groups is 1. The smallest absolute Gasteiger partial charge is 0.241 e. The Balaban J connectivity index is 0.00000320. The Morgan fingerprint density at radius 3 is 2.13 bits per heavy atom. The van der Waals surface area contributed by atoms with Crippen molar-refractivity contribution in [2.45, 2.75) is 58.5 Å². The van der Waals surface area contributed by atoms with Crippen molar-refractivity contribution in [2.24, 2.45) is 4.99 Å². The number of guanidine groups is 1. The number of nitrogens with one attached hydrogen (secondary N) is 2. The lowest BCUT2D eigenvalue weighted by atomic mass is 10.1. The monoisotopic (exact) mass is 527 g/mol. The van der Waals surface area contributed by atoms with Gasteiger partial charge in [0.2, 0.25) is 5.91 Å². The predicted octanol–water partition coefficient (Wildman–Crippen LogP) is 3.36. The van der Waals surface area contributed by atoms with Crippen molar-refractivity contribution in [1.29, 1.82) is 0 Å². The summed E-state index contributed by atoms with van der Waals surface area (Å²) in [7, 11) is 0. The molecule has 6 nitrogen and oxygen atoms in total. The van der Waals surface area contributed by atoms with E-state index >= 15 is 0 Å². The first kappa shape index (κ1) is 24.9. The summed E-state index contributed by atoms with van der Waals surface area (Å²) in [6.07, 6.45) is 7.64. The molecule has 0 aliphatic carbocycles. The highest BCUT2D eigenvalue weighted by molar-refractivity contribution is 14.0. The van der Waals surface area contributed by atoms with Crippen molar-refractivity contribution < 1.29 is 4.79 Å². The van der Waals surface area contributed by atoms with E-state index in [0.717, 1.165) is 39.0 Å². The van der Waals surface area contributed by atoms with Crippen LogP contribution in [0.5, 0.6) is 0 Å². The fourth-order valence-corrected chi connectivity index (χ4v) is 4.05. The van der Waals surface area contributed by atoms with E-state index in [2.05, 4.69) is 44.8 Å². The average Bonchev–Trinajstić information content (AvgIpc) is 3.16. The first-order valence-electron chi connectivity index (χ1n) is 11.3. The van der Waals surface area contributed by atoms with E-state index < -0.39 is 0 Å². The molecule has 1 aromatic rings. The standard InChI is InChI=1S/C23H37N5O.HI/c1-2-24-23(26-18-22(29)28-15-7-8-16-28)25-17-20-9-11-21(12-10-20)19-27-13-5-3-4-6-14-27;/h9-12H,2-8,13-19H2,1H3,(H2,24,25,26);1H. The van der Waals surface area contributed by atoms with Gasteiger partial charge < -0.3 is 15.5 Å². The molecule has 0 radical (unpaired) electrons. The number of likely N-dealkylation sites (tertiary alicyclic amines) is 2. The molecule has 2 aliphatic rings. The molecule has 0 unspecified atom stereocenters. The normalized spacial score (nSPS) is 17.9. The van der Waals surface area contributed by atoms with Gasteiger partial charge >= 0.3 is 0 Å². The lowest BCUT2D eigenvalue weighted by Gasteiger charge is -2.19. The number of benzene rings is 1. The van der Waals surface area contributed by atoms with E-state index in [1.807, 2.05) is 11.8 Å². The molecule has 1 amide bonds. The molecule has 0 atom stereocenters. The number of halogens is 1. The molecule has 0 saturated carbocycles. The van der Waals surface area contributed by atoms with E-state index in [1.54, 1.807) is 0 Å². The van der Waals surface area contributed by atoms with Crippen LogP contribution in [0, 0.1) is 0 Å². The van der Waals surface area contributed by atoms with E-state index in [9.17, 15) is 4.79 Å². The van der Waals surface area contributed by atoms with Crippen LogP contribution in [-0.4, -0.2) is 60.9 Å². The molecule has 3 rings (SSSR count). The Morgan fingerprint density at radius 1 is 0.900 bits per heavy atom. The SMILES string of the molecule is CCNC(=NCc1ccc(CN2CCCCCC2)cc1)NCC(=O)N1CCCC1.I. The summed E-state index contributed by atoms with van der Waals surface area (Å²) < 4.78 is 0. The second-order valence-corrected chi connectivity index (χ2v) is 8.14. The van der Waals surface area contributed by atoms with Gasteiger partial charge in [-0.25, -0.2) is 4.99 Å². The highest BCUT2D eigenvalue weighted by Crippen LogP contribution is 2.14. The summed E-state index contributed by atoms with van der Waals surface area (Å²) >= 11 is 0. The van der Waals surface area contributed by atoms with Gasteiger partial charge in [-0.05, 0) is 56.8 Å². The summed E-state index contributed by atoms with van der Waals surface area (Å²) in [5.74, 6) is 0.861. The van der Waals surface area contributed by atoms with Gasteiger partial charge in [0.1, 0.15) is 0 Å². The molecule has 2 saturated heterocycles. The zero-order valence-electron chi connectivity index (χ0n) is 18.4. The minimum absolute atomic E-state index is 0. The zero-order valence-corrected chi connectivity index (χ0v) is 20.7. The predicted molar refractivity (Wildman–Crippen MR) is 134 cm³/mol. The number of carbonyl (C=O) groups excluding carboxylic acids is 1. The second kappa shape index (κ2) is 13.9. The van der Waals surface area contributed by atoms with Gasteiger partial charge in [0, 0.05) is 26.2 Å². The van der Waals surface area contributed by atoms with Gasteiger partial charge in [-0.15, -0.1) is 24.0 Å². The third-order valence-electron chi connectivity index (χ3n) is 5.76. The van der Waals surface area contributed by atoms with Crippen LogP contribution in [0.3, 0.4) is 0 Å². The number of hydrogen-bond donors (Lipinski definition) is 2. The molecule has 2 heterocycles. The van der Waals surface area contributed by atoms with Crippen LogP contribution in [-0.2, 0) is 17.9 Å². The summed E-state index contributed by atoms with van der Waals surface area (Å²) in [4.78, 5) is 21.4. The van der Waals surface area contributed by atoms with Crippen molar-refractivity contribution in [1.82, 2.24) is 20.4 Å². The number of amides is 1. The largest absolute Gasteiger partial charge is 0.357 e. The molecule has 168 valence electrons. The third kappa shape index (κ3) is 8.41. The fraction of sp³-hybridized carbons (Fsp3) is 0.652. The topological polar surface area (TPSA) is 60.0 Å². The molecule has 2 aliphatic heterocycles. The van der Waals surface area contributed by atoms with Crippen LogP contribution >= 0.6 is 24.0 Å². The van der Waals surface area contributed by atoms with Crippen molar-refractivity contribution in [2.75, 3.05) is 39.3 Å². The number of rotatable bonds is 7. The van der Waals surface area contributed by atoms with Crippen LogP contribution in [0.25, 0.3) is 0 Å². The van der Waals surface area contributed by atoms with Crippen molar-refractivity contribution in [3.05, 3.63) is 35.4 Å². The summed E-state index contributed by atoms with van der Waals surface area (Å²) in [5, 5.41) is 6.41. The number of nitrogens with zero attached hydrogens (tertiary/aromatic N) is 3. The van der Waals surface area contributed by atoms with E-state index in [4.69, 9.17) is 0 Å². The fourth-order valence-electron chi connectivity index (χ4n) is 4.05. The van der Waals surface area contributed by atoms with E-state index in [0.29, 0.717) is 19.0 Å². The first-order valence-corrected chi connectivity index (χ1v) is 11.3. The second-order valence-electron chi connectivity index (χ2n) is 8.14. The van der Waals surface area contributed by atoms with Gasteiger partial charge in [-0.1, -0.05) is 37.1 Å². The molecule has 2 fully saturated rings. The maximum absolute atomic E-state index is 12.2. The lowest BCUT2D eigenvalue weighted by molar-refractivity contribution is -0.128. The molecule has 30 heavy (non-hydrogen) atoms. The molecule has 7 heteroatoms. The Hall–Kier alpha value is -1.35. The van der Waals surface area contributed by atoms with Crippen LogP contribution < -0.4 is 10.6 Å². The summed E-state index contributed by atoms with van der Waals surface area (Å²) in [6, 6.07) is 8.81. The van der Waals surface area contributed by atoms with Gasteiger partial charge in [0.25, 0.3) is 0 Å². The zero-order chi connectivity index (χ0) is 20.3. The molecule has 0 aromatic heterocycles. The number of carbonyl (C=O) groups is 1. The maximum atomic E-state index is 12.2. The summed E-state index contributed by atoms with van der Waals surface area (Å²) in [6.45, 7) is 9.00. The first-order chi connectivity index (χ1) is 14.2. The van der Waals surface area contributed by atoms with Gasteiger partial charge in [0.15, 0.2) is 5.96 Å². The molecular formula is C23H38IN5O. The molecule has 1 aromatic carbocycles. The highest BCUT2D eigenvalue weighted by Gasteiger charge is 2.17. The quantitative estimate of drug-likeness (QED) is 0.325. The Bertz CT molecular complexity index is 650. The van der Waals surface area contributed by atoms with Crippen LogP contribution in [0.4, 0.5) is 0 Å². The van der Waals surface area contributed by atoms with Gasteiger partial charge in [0.05, 0.1) is 13.1 Å². The molecular weight excluding hydrogens is 489 g/mol. The molecule has 2 N–H and O–H groups in total. The Kier molecular flexibility index (Phi) is 11.5. The number of hydrogen-bond acceptors (Lipinski definition) is 3. The average molecular weight is 527 g/mol. The lowest BCUT2D eigenvalue weighted by Crippen LogP contribution is -2.44. The van der Waals surface area contributed by atoms with E-state index in [1.165, 1.54) is 49.9 Å². The van der Waals surface area contributed by atoms with Crippen molar-refractivity contribution in [3.8, 4) is 0 Å². The summed E-state index contributed by atoms with van der Waals surface area (Å²) in [5.41, 5.74) is 2.56. The minimum atomic E-state index is 0. The van der Waals surface area contributed by atoms with Crippen LogP contribution in [0.2, 0.25) is 0 Å². The van der Waals surface area contributed by atoms with Crippen molar-refractivity contribution >= 4 is 35.8 Å². The highest BCUT2D eigenvalue weighted by atomic mass is 127.